The fourth-order valence-electron chi connectivity index (χ4n) is 0.914. The molecule has 5 heteroatoms. The summed E-state index contributed by atoms with van der Waals surface area (Å²) in [5.41, 5.74) is 2.70. The van der Waals surface area contributed by atoms with Crippen molar-refractivity contribution >= 4 is 22.9 Å². The van der Waals surface area contributed by atoms with E-state index in [2.05, 4.69) is 9.97 Å². The molecule has 0 atom stereocenters. The molecule has 0 saturated heterocycles. The summed E-state index contributed by atoms with van der Waals surface area (Å²) in [6.07, 6.45) is 1.59. The van der Waals surface area contributed by atoms with E-state index in [0.717, 1.165) is 5.69 Å². The summed E-state index contributed by atoms with van der Waals surface area (Å²) in [6, 6.07) is 3.47. The average molecular weight is 227 g/mol. The van der Waals surface area contributed by atoms with Gasteiger partial charge < -0.3 is 4.74 Å². The van der Waals surface area contributed by atoms with Gasteiger partial charge in [-0.2, -0.15) is 0 Å². The first-order valence-corrected chi connectivity index (χ1v) is 5.28. The summed E-state index contributed by atoms with van der Waals surface area (Å²) < 4.78 is 5.43. The summed E-state index contributed by atoms with van der Waals surface area (Å²) in [5, 5.41) is 2.41. The topological polar surface area (TPSA) is 35.0 Å². The Hall–Kier alpha value is -1.13. The Morgan fingerprint density at radius 2 is 2.29 bits per heavy atom. The van der Waals surface area contributed by atoms with E-state index in [1.54, 1.807) is 35.2 Å². The molecule has 0 fully saturated rings. The highest BCUT2D eigenvalue weighted by Gasteiger charge is 1.97. The van der Waals surface area contributed by atoms with E-state index in [0.29, 0.717) is 17.5 Å². The second kappa shape index (κ2) is 4.39. The fraction of sp³-hybridized carbons (Fsp3) is 0.111. The largest absolute Gasteiger partial charge is 0.486 e. The van der Waals surface area contributed by atoms with E-state index in [4.69, 9.17) is 16.3 Å². The van der Waals surface area contributed by atoms with Crippen molar-refractivity contribution in [2.24, 2.45) is 0 Å². The number of hydrogen-bond acceptors (Lipinski definition) is 4. The number of aromatic nitrogens is 2. The lowest BCUT2D eigenvalue weighted by Crippen LogP contribution is -1.95. The molecule has 0 amide bonds. The quantitative estimate of drug-likeness (QED) is 0.755. The second-order valence-electron chi connectivity index (χ2n) is 2.59. The summed E-state index contributed by atoms with van der Waals surface area (Å²) in [5.74, 6) is 0.697. The molecule has 2 aromatic heterocycles. The summed E-state index contributed by atoms with van der Waals surface area (Å²) in [4.78, 5) is 8.00. The third-order valence-corrected chi connectivity index (χ3v) is 2.43. The second-order valence-corrected chi connectivity index (χ2v) is 3.69. The summed E-state index contributed by atoms with van der Waals surface area (Å²) in [7, 11) is 0. The van der Waals surface area contributed by atoms with E-state index in [9.17, 15) is 0 Å². The first-order valence-electron chi connectivity index (χ1n) is 3.96. The van der Waals surface area contributed by atoms with Crippen molar-refractivity contribution < 1.29 is 4.74 Å². The fourth-order valence-corrected chi connectivity index (χ4v) is 1.57. The zero-order valence-corrected chi connectivity index (χ0v) is 8.76. The first-order chi connectivity index (χ1) is 6.84. The zero-order valence-electron chi connectivity index (χ0n) is 7.18. The molecular weight excluding hydrogens is 220 g/mol. The lowest BCUT2D eigenvalue weighted by molar-refractivity contribution is 0.301. The van der Waals surface area contributed by atoms with Crippen LogP contribution in [0.25, 0.3) is 0 Å². The van der Waals surface area contributed by atoms with Crippen LogP contribution in [-0.4, -0.2) is 9.97 Å². The predicted octanol–water partition coefficient (Wildman–Crippen LogP) is 2.77. The van der Waals surface area contributed by atoms with Crippen molar-refractivity contribution in [1.29, 1.82) is 0 Å². The Kier molecular flexibility index (Phi) is 2.96. The van der Waals surface area contributed by atoms with Crippen LogP contribution in [0, 0.1) is 0 Å². The van der Waals surface area contributed by atoms with Gasteiger partial charge in [0.05, 0.1) is 17.4 Å². The van der Waals surface area contributed by atoms with Crippen LogP contribution in [0.5, 0.6) is 5.75 Å². The van der Waals surface area contributed by atoms with Gasteiger partial charge in [-0.3, -0.25) is 0 Å². The van der Waals surface area contributed by atoms with Crippen molar-refractivity contribution in [3.63, 3.8) is 0 Å². The molecule has 14 heavy (non-hydrogen) atoms. The minimum absolute atomic E-state index is 0.464. The van der Waals surface area contributed by atoms with Gasteiger partial charge in [-0.25, -0.2) is 9.97 Å². The van der Waals surface area contributed by atoms with Crippen molar-refractivity contribution in [2.45, 2.75) is 6.61 Å². The highest BCUT2D eigenvalue weighted by atomic mass is 35.5. The molecule has 0 spiro atoms. The number of rotatable bonds is 3. The highest BCUT2D eigenvalue weighted by molar-refractivity contribution is 7.07. The van der Waals surface area contributed by atoms with E-state index in [-0.39, 0.29) is 0 Å². The molecule has 0 aliphatic carbocycles. The lowest BCUT2D eigenvalue weighted by atomic mass is 10.4. The Bertz CT molecular complexity index is 388. The van der Waals surface area contributed by atoms with Crippen molar-refractivity contribution in [2.75, 3.05) is 0 Å². The van der Waals surface area contributed by atoms with Crippen LogP contribution in [0.3, 0.4) is 0 Å². The van der Waals surface area contributed by atoms with Gasteiger partial charge in [0.25, 0.3) is 0 Å². The molecule has 72 valence electrons. The molecule has 0 unspecified atom stereocenters. The Morgan fingerprint density at radius 1 is 1.36 bits per heavy atom. The number of nitrogens with zero attached hydrogens (tertiary/aromatic N) is 2. The van der Waals surface area contributed by atoms with Crippen LogP contribution in [0.1, 0.15) is 5.69 Å². The van der Waals surface area contributed by atoms with Gasteiger partial charge in [-0.1, -0.05) is 11.6 Å². The normalized spacial score (nSPS) is 10.1. The molecule has 0 aromatic carbocycles. The molecule has 0 aliphatic rings. The van der Waals surface area contributed by atoms with Gasteiger partial charge in [0.1, 0.15) is 17.5 Å². The SMILES string of the molecule is Clc1ccc(OCc2cscn2)cn1. The number of hydrogen-bond donors (Lipinski definition) is 0. The molecule has 3 nitrogen and oxygen atoms in total. The van der Waals surface area contributed by atoms with Crippen LogP contribution in [0.15, 0.2) is 29.2 Å². The van der Waals surface area contributed by atoms with Crippen molar-refractivity contribution in [3.8, 4) is 5.75 Å². The molecule has 0 saturated carbocycles. The Balaban J connectivity index is 1.95. The third-order valence-electron chi connectivity index (χ3n) is 1.57. The molecule has 0 aliphatic heterocycles. The maximum absolute atomic E-state index is 5.63. The molecular formula is C9H7ClN2OS. The van der Waals surface area contributed by atoms with Crippen LogP contribution in [0.2, 0.25) is 5.15 Å². The molecule has 2 heterocycles. The van der Waals surface area contributed by atoms with E-state index >= 15 is 0 Å². The highest BCUT2D eigenvalue weighted by Crippen LogP contribution is 2.13. The van der Waals surface area contributed by atoms with Crippen molar-refractivity contribution in [1.82, 2.24) is 9.97 Å². The van der Waals surface area contributed by atoms with Crippen LogP contribution < -0.4 is 4.74 Å². The minimum atomic E-state index is 0.464. The number of pyridine rings is 1. The van der Waals surface area contributed by atoms with Gasteiger partial charge in [0.15, 0.2) is 0 Å². The Morgan fingerprint density at radius 3 is 2.93 bits per heavy atom. The number of halogens is 1. The molecule has 0 bridgehead atoms. The monoisotopic (exact) mass is 226 g/mol. The molecule has 0 radical (unpaired) electrons. The van der Waals surface area contributed by atoms with Gasteiger partial charge in [-0.05, 0) is 12.1 Å². The number of thiazole rings is 1. The van der Waals surface area contributed by atoms with Crippen LogP contribution in [-0.2, 0) is 6.61 Å². The third kappa shape index (κ3) is 2.43. The van der Waals surface area contributed by atoms with Gasteiger partial charge in [0, 0.05) is 5.38 Å². The van der Waals surface area contributed by atoms with Crippen LogP contribution >= 0.6 is 22.9 Å². The zero-order chi connectivity index (χ0) is 9.80. The molecule has 2 aromatic rings. The number of ether oxygens (including phenoxy) is 1. The minimum Gasteiger partial charge on any atom is -0.486 e. The van der Waals surface area contributed by atoms with E-state index in [1.165, 1.54) is 0 Å². The van der Waals surface area contributed by atoms with Gasteiger partial charge in [0.2, 0.25) is 0 Å². The molecule has 2 rings (SSSR count). The maximum Gasteiger partial charge on any atom is 0.138 e. The van der Waals surface area contributed by atoms with Crippen LogP contribution in [0.4, 0.5) is 0 Å². The lowest BCUT2D eigenvalue weighted by Gasteiger charge is -2.02. The standard InChI is InChI=1S/C9H7ClN2OS/c10-9-2-1-8(3-11-9)13-4-7-5-14-6-12-7/h1-3,5-6H,4H2. The van der Waals surface area contributed by atoms with E-state index in [1.807, 2.05) is 5.38 Å². The first kappa shape index (κ1) is 9.43. The van der Waals surface area contributed by atoms with Gasteiger partial charge in [-0.15, -0.1) is 11.3 Å². The summed E-state index contributed by atoms with van der Waals surface area (Å²) >= 11 is 7.18. The Labute approximate surface area is 90.3 Å². The predicted molar refractivity (Wildman–Crippen MR) is 55.7 cm³/mol. The smallest absolute Gasteiger partial charge is 0.138 e. The maximum atomic E-state index is 5.63. The average Bonchev–Trinajstić information content (AvgIpc) is 2.70. The molecule has 0 N–H and O–H groups in total. The van der Waals surface area contributed by atoms with Gasteiger partial charge >= 0.3 is 0 Å². The van der Waals surface area contributed by atoms with Crippen molar-refractivity contribution in [3.05, 3.63) is 40.1 Å². The summed E-state index contributed by atoms with van der Waals surface area (Å²) in [6.45, 7) is 0.465. The van der Waals surface area contributed by atoms with E-state index < -0.39 is 0 Å².